The van der Waals surface area contributed by atoms with Gasteiger partial charge in [0.25, 0.3) is 0 Å². The maximum absolute atomic E-state index is 11.8. The second-order valence-electron chi connectivity index (χ2n) is 4.91. The van der Waals surface area contributed by atoms with E-state index in [0.717, 1.165) is 16.9 Å². The fraction of sp³-hybridized carbons (Fsp3) is 0.111. The molecule has 4 heteroatoms. The molecule has 0 bridgehead atoms. The van der Waals surface area contributed by atoms with E-state index >= 15 is 0 Å². The van der Waals surface area contributed by atoms with Crippen molar-refractivity contribution in [3.8, 4) is 5.69 Å². The highest BCUT2D eigenvalue weighted by Gasteiger charge is 2.07. The Morgan fingerprint density at radius 2 is 1.64 bits per heavy atom. The number of ether oxygens (including phenoxy) is 1. The van der Waals surface area contributed by atoms with E-state index in [1.807, 2.05) is 72.9 Å². The van der Waals surface area contributed by atoms with Crippen LogP contribution in [-0.4, -0.2) is 15.7 Å². The highest BCUT2D eigenvalue weighted by molar-refractivity contribution is 5.72. The van der Waals surface area contributed by atoms with Crippen molar-refractivity contribution < 1.29 is 9.53 Å². The molecule has 0 fully saturated rings. The predicted octanol–water partition coefficient (Wildman–Crippen LogP) is 3.16. The van der Waals surface area contributed by atoms with Gasteiger partial charge in [-0.2, -0.15) is 5.10 Å². The molecule has 0 N–H and O–H groups in total. The molecular weight excluding hydrogens is 276 g/mol. The number of aromatic nitrogens is 2. The molecule has 3 rings (SSSR count). The van der Waals surface area contributed by atoms with E-state index < -0.39 is 0 Å². The molecular formula is C18H16N2O2. The first kappa shape index (κ1) is 14.1. The van der Waals surface area contributed by atoms with E-state index in [0.29, 0.717) is 0 Å². The normalized spacial score (nSPS) is 10.4. The van der Waals surface area contributed by atoms with Crippen molar-refractivity contribution in [1.82, 2.24) is 9.78 Å². The average molecular weight is 292 g/mol. The molecule has 0 saturated heterocycles. The summed E-state index contributed by atoms with van der Waals surface area (Å²) >= 11 is 0. The Bertz CT molecular complexity index is 736. The number of esters is 1. The van der Waals surface area contributed by atoms with Gasteiger partial charge in [-0.3, -0.25) is 4.79 Å². The van der Waals surface area contributed by atoms with Gasteiger partial charge in [0.1, 0.15) is 12.3 Å². The SMILES string of the molecule is O=C(Cc1ccccc1)OCc1ccn(-c2ccccc2)n1. The van der Waals surface area contributed by atoms with Crippen LogP contribution in [0.1, 0.15) is 11.3 Å². The van der Waals surface area contributed by atoms with Crippen LogP contribution in [0.5, 0.6) is 0 Å². The summed E-state index contributed by atoms with van der Waals surface area (Å²) in [5, 5.41) is 4.40. The van der Waals surface area contributed by atoms with Gasteiger partial charge >= 0.3 is 5.97 Å². The largest absolute Gasteiger partial charge is 0.459 e. The Morgan fingerprint density at radius 1 is 0.955 bits per heavy atom. The lowest BCUT2D eigenvalue weighted by Crippen LogP contribution is -2.08. The van der Waals surface area contributed by atoms with Crippen LogP contribution in [0.4, 0.5) is 0 Å². The second kappa shape index (κ2) is 6.72. The predicted molar refractivity (Wildman–Crippen MR) is 83.5 cm³/mol. The van der Waals surface area contributed by atoms with Crippen LogP contribution in [0.25, 0.3) is 5.69 Å². The maximum Gasteiger partial charge on any atom is 0.310 e. The molecule has 0 saturated carbocycles. The zero-order chi connectivity index (χ0) is 15.2. The van der Waals surface area contributed by atoms with E-state index in [2.05, 4.69) is 5.10 Å². The Kier molecular flexibility index (Phi) is 4.30. The molecule has 0 radical (unpaired) electrons. The lowest BCUT2D eigenvalue weighted by Gasteiger charge is -2.03. The molecule has 1 heterocycles. The van der Waals surface area contributed by atoms with Crippen molar-refractivity contribution in [2.24, 2.45) is 0 Å². The second-order valence-corrected chi connectivity index (χ2v) is 4.91. The van der Waals surface area contributed by atoms with Crippen molar-refractivity contribution in [2.45, 2.75) is 13.0 Å². The van der Waals surface area contributed by atoms with E-state index in [1.165, 1.54) is 0 Å². The molecule has 0 atom stereocenters. The minimum absolute atomic E-state index is 0.186. The average Bonchev–Trinajstić information content (AvgIpc) is 3.04. The molecule has 0 amide bonds. The molecule has 1 aromatic heterocycles. The molecule has 110 valence electrons. The number of benzene rings is 2. The van der Waals surface area contributed by atoms with Crippen LogP contribution in [0.2, 0.25) is 0 Å². The first-order chi connectivity index (χ1) is 10.8. The Hall–Kier alpha value is -2.88. The summed E-state index contributed by atoms with van der Waals surface area (Å²) in [5.41, 5.74) is 2.65. The van der Waals surface area contributed by atoms with Gasteiger partial charge in [-0.05, 0) is 23.8 Å². The Balaban J connectivity index is 1.56. The van der Waals surface area contributed by atoms with E-state index in [9.17, 15) is 4.79 Å². The van der Waals surface area contributed by atoms with Crippen LogP contribution in [-0.2, 0) is 22.6 Å². The van der Waals surface area contributed by atoms with Crippen molar-refractivity contribution in [1.29, 1.82) is 0 Å². The quantitative estimate of drug-likeness (QED) is 0.678. The monoisotopic (exact) mass is 292 g/mol. The lowest BCUT2D eigenvalue weighted by molar-refractivity contribution is -0.144. The molecule has 0 aliphatic heterocycles. The van der Waals surface area contributed by atoms with E-state index in [1.54, 1.807) is 4.68 Å². The van der Waals surface area contributed by atoms with Gasteiger partial charge in [-0.15, -0.1) is 0 Å². The number of carbonyl (C=O) groups excluding carboxylic acids is 1. The summed E-state index contributed by atoms with van der Waals surface area (Å²) in [4.78, 5) is 11.8. The molecule has 3 aromatic rings. The summed E-state index contributed by atoms with van der Waals surface area (Å²) in [6.07, 6.45) is 2.13. The summed E-state index contributed by atoms with van der Waals surface area (Å²) in [5.74, 6) is -0.250. The zero-order valence-corrected chi connectivity index (χ0v) is 12.1. The molecule has 0 unspecified atom stereocenters. The number of nitrogens with zero attached hydrogens (tertiary/aromatic N) is 2. The van der Waals surface area contributed by atoms with Crippen LogP contribution in [0.15, 0.2) is 72.9 Å². The van der Waals surface area contributed by atoms with Crippen LogP contribution in [0, 0.1) is 0 Å². The highest BCUT2D eigenvalue weighted by atomic mass is 16.5. The van der Waals surface area contributed by atoms with Gasteiger partial charge < -0.3 is 4.74 Å². The summed E-state index contributed by atoms with van der Waals surface area (Å²) in [7, 11) is 0. The molecule has 4 nitrogen and oxygen atoms in total. The van der Waals surface area contributed by atoms with Gasteiger partial charge in [-0.25, -0.2) is 4.68 Å². The highest BCUT2D eigenvalue weighted by Crippen LogP contribution is 2.08. The fourth-order valence-corrected chi connectivity index (χ4v) is 2.13. The van der Waals surface area contributed by atoms with Gasteiger partial charge in [0.15, 0.2) is 0 Å². The molecule has 0 spiro atoms. The number of hydrogen-bond donors (Lipinski definition) is 0. The van der Waals surface area contributed by atoms with Crippen molar-refractivity contribution in [3.05, 3.63) is 84.2 Å². The van der Waals surface area contributed by atoms with Gasteiger partial charge in [0.2, 0.25) is 0 Å². The van der Waals surface area contributed by atoms with Gasteiger partial charge in [-0.1, -0.05) is 48.5 Å². The van der Waals surface area contributed by atoms with Crippen molar-refractivity contribution in [3.63, 3.8) is 0 Å². The summed E-state index contributed by atoms with van der Waals surface area (Å²) in [6.45, 7) is 0.186. The van der Waals surface area contributed by atoms with Crippen molar-refractivity contribution in [2.75, 3.05) is 0 Å². The number of rotatable bonds is 5. The molecule has 22 heavy (non-hydrogen) atoms. The number of hydrogen-bond acceptors (Lipinski definition) is 3. The summed E-state index contributed by atoms with van der Waals surface area (Å²) in [6, 6.07) is 21.2. The van der Waals surface area contributed by atoms with E-state index in [4.69, 9.17) is 4.74 Å². The fourth-order valence-electron chi connectivity index (χ4n) is 2.13. The van der Waals surface area contributed by atoms with Crippen LogP contribution >= 0.6 is 0 Å². The Morgan fingerprint density at radius 3 is 2.36 bits per heavy atom. The maximum atomic E-state index is 11.8. The minimum Gasteiger partial charge on any atom is -0.459 e. The van der Waals surface area contributed by atoms with Gasteiger partial charge in [0, 0.05) is 6.20 Å². The summed E-state index contributed by atoms with van der Waals surface area (Å²) < 4.78 is 7.03. The molecule has 2 aromatic carbocycles. The topological polar surface area (TPSA) is 44.1 Å². The number of para-hydroxylation sites is 1. The zero-order valence-electron chi connectivity index (χ0n) is 12.1. The van der Waals surface area contributed by atoms with Crippen LogP contribution < -0.4 is 0 Å². The molecule has 0 aliphatic carbocycles. The third-order valence-corrected chi connectivity index (χ3v) is 3.24. The van der Waals surface area contributed by atoms with Crippen LogP contribution in [0.3, 0.4) is 0 Å². The number of carbonyl (C=O) groups is 1. The first-order valence-electron chi connectivity index (χ1n) is 7.11. The smallest absolute Gasteiger partial charge is 0.310 e. The van der Waals surface area contributed by atoms with E-state index in [-0.39, 0.29) is 19.0 Å². The standard InChI is InChI=1S/C18H16N2O2/c21-18(13-15-7-3-1-4-8-15)22-14-16-11-12-20(19-16)17-9-5-2-6-10-17/h1-12H,13-14H2. The lowest BCUT2D eigenvalue weighted by atomic mass is 10.2. The Labute approximate surface area is 129 Å². The van der Waals surface area contributed by atoms with Crippen molar-refractivity contribution >= 4 is 5.97 Å². The third-order valence-electron chi connectivity index (χ3n) is 3.24. The third kappa shape index (κ3) is 3.61. The molecule has 0 aliphatic rings. The first-order valence-corrected chi connectivity index (χ1v) is 7.11. The minimum atomic E-state index is -0.250. The van der Waals surface area contributed by atoms with Gasteiger partial charge in [0.05, 0.1) is 12.1 Å².